The summed E-state index contributed by atoms with van der Waals surface area (Å²) in [4.78, 5) is 11.9. The Morgan fingerprint density at radius 2 is 2.00 bits per heavy atom. The lowest BCUT2D eigenvalue weighted by atomic mass is 10.1. The maximum absolute atomic E-state index is 11.9. The van der Waals surface area contributed by atoms with Crippen LogP contribution in [0.15, 0.2) is 24.3 Å². The summed E-state index contributed by atoms with van der Waals surface area (Å²) in [5.74, 6) is 0.747. The standard InChI is InChI=1S/C16H26N2O2/c1-3-5-12-20-15-8-6-13(7-9-15)16(19)18-11-10-14(17)4-2/h6-9,14H,3-5,10-12,17H2,1-2H3,(H,18,19). The fraction of sp³-hybridized carbons (Fsp3) is 0.562. The van der Waals surface area contributed by atoms with Gasteiger partial charge in [-0.1, -0.05) is 20.3 Å². The van der Waals surface area contributed by atoms with Crippen LogP contribution in [0.5, 0.6) is 5.75 Å². The maximum Gasteiger partial charge on any atom is 0.251 e. The van der Waals surface area contributed by atoms with Gasteiger partial charge < -0.3 is 15.8 Å². The molecule has 0 radical (unpaired) electrons. The van der Waals surface area contributed by atoms with Gasteiger partial charge >= 0.3 is 0 Å². The largest absolute Gasteiger partial charge is 0.494 e. The Morgan fingerprint density at radius 3 is 2.60 bits per heavy atom. The number of hydrogen-bond acceptors (Lipinski definition) is 3. The first-order valence-corrected chi connectivity index (χ1v) is 7.44. The minimum atomic E-state index is -0.0617. The van der Waals surface area contributed by atoms with Gasteiger partial charge in [0.05, 0.1) is 6.61 Å². The average molecular weight is 278 g/mol. The Balaban J connectivity index is 2.37. The lowest BCUT2D eigenvalue weighted by molar-refractivity contribution is 0.0952. The summed E-state index contributed by atoms with van der Waals surface area (Å²) in [5, 5.41) is 2.88. The maximum atomic E-state index is 11.9. The lowest BCUT2D eigenvalue weighted by Crippen LogP contribution is -2.30. The summed E-state index contributed by atoms with van der Waals surface area (Å²) in [6.07, 6.45) is 3.89. The molecule has 4 heteroatoms. The topological polar surface area (TPSA) is 64.3 Å². The first kappa shape index (κ1) is 16.5. The Kier molecular flexibility index (Phi) is 7.73. The summed E-state index contributed by atoms with van der Waals surface area (Å²) >= 11 is 0. The molecule has 1 atom stereocenters. The van der Waals surface area contributed by atoms with Crippen molar-refractivity contribution in [1.82, 2.24) is 5.32 Å². The van der Waals surface area contributed by atoms with Gasteiger partial charge in [-0.05, 0) is 43.5 Å². The van der Waals surface area contributed by atoms with Gasteiger partial charge in [0.2, 0.25) is 0 Å². The molecule has 0 saturated carbocycles. The van der Waals surface area contributed by atoms with Crippen molar-refractivity contribution in [2.75, 3.05) is 13.2 Å². The SMILES string of the molecule is CCCCOc1ccc(C(=O)NCCC(N)CC)cc1. The highest BCUT2D eigenvalue weighted by molar-refractivity contribution is 5.94. The lowest BCUT2D eigenvalue weighted by Gasteiger charge is -2.10. The summed E-state index contributed by atoms with van der Waals surface area (Å²) in [6.45, 7) is 5.50. The van der Waals surface area contributed by atoms with E-state index in [1.807, 2.05) is 19.1 Å². The first-order chi connectivity index (χ1) is 9.67. The predicted octanol–water partition coefficient (Wildman–Crippen LogP) is 2.72. The third-order valence-electron chi connectivity index (χ3n) is 3.21. The number of nitrogens with one attached hydrogen (secondary N) is 1. The molecule has 4 nitrogen and oxygen atoms in total. The summed E-state index contributed by atoms with van der Waals surface area (Å²) in [7, 11) is 0. The number of nitrogens with two attached hydrogens (primary N) is 1. The fourth-order valence-corrected chi connectivity index (χ4v) is 1.71. The van der Waals surface area contributed by atoms with Gasteiger partial charge in [0.25, 0.3) is 5.91 Å². The third-order valence-corrected chi connectivity index (χ3v) is 3.21. The first-order valence-electron chi connectivity index (χ1n) is 7.44. The van der Waals surface area contributed by atoms with E-state index in [2.05, 4.69) is 12.2 Å². The van der Waals surface area contributed by atoms with Crippen LogP contribution in [-0.2, 0) is 0 Å². The smallest absolute Gasteiger partial charge is 0.251 e. The second-order valence-electron chi connectivity index (χ2n) is 4.94. The number of ether oxygens (including phenoxy) is 1. The molecule has 1 aromatic carbocycles. The van der Waals surface area contributed by atoms with Crippen molar-refractivity contribution in [1.29, 1.82) is 0 Å². The molecule has 0 aliphatic rings. The molecule has 1 aromatic rings. The Morgan fingerprint density at radius 1 is 1.30 bits per heavy atom. The predicted molar refractivity (Wildman–Crippen MR) is 82.1 cm³/mol. The van der Waals surface area contributed by atoms with Crippen molar-refractivity contribution in [3.8, 4) is 5.75 Å². The second-order valence-corrected chi connectivity index (χ2v) is 4.94. The van der Waals surface area contributed by atoms with Crippen molar-refractivity contribution in [2.45, 2.75) is 45.6 Å². The molecule has 3 N–H and O–H groups in total. The molecule has 112 valence electrons. The zero-order valence-electron chi connectivity index (χ0n) is 12.5. The van der Waals surface area contributed by atoms with Gasteiger partial charge in [0.15, 0.2) is 0 Å². The monoisotopic (exact) mass is 278 g/mol. The third kappa shape index (κ3) is 6.06. The number of benzene rings is 1. The van der Waals surface area contributed by atoms with Crippen molar-refractivity contribution < 1.29 is 9.53 Å². The second kappa shape index (κ2) is 9.37. The normalized spacial score (nSPS) is 11.9. The van der Waals surface area contributed by atoms with E-state index in [1.54, 1.807) is 12.1 Å². The van der Waals surface area contributed by atoms with Crippen LogP contribution in [0.1, 0.15) is 49.9 Å². The summed E-state index contributed by atoms with van der Waals surface area (Å²) in [5.41, 5.74) is 6.46. The molecule has 0 heterocycles. The molecule has 20 heavy (non-hydrogen) atoms. The zero-order valence-corrected chi connectivity index (χ0v) is 12.5. The zero-order chi connectivity index (χ0) is 14.8. The van der Waals surface area contributed by atoms with E-state index in [4.69, 9.17) is 10.5 Å². The van der Waals surface area contributed by atoms with Crippen LogP contribution in [0.25, 0.3) is 0 Å². The van der Waals surface area contributed by atoms with Gasteiger partial charge in [0, 0.05) is 18.2 Å². The molecule has 0 saturated heterocycles. The highest BCUT2D eigenvalue weighted by Gasteiger charge is 2.06. The molecule has 0 bridgehead atoms. The Bertz CT molecular complexity index is 390. The number of amides is 1. The van der Waals surface area contributed by atoms with E-state index in [0.29, 0.717) is 12.1 Å². The highest BCUT2D eigenvalue weighted by atomic mass is 16.5. The minimum absolute atomic E-state index is 0.0617. The molecule has 1 amide bonds. The molecular formula is C16H26N2O2. The van der Waals surface area contributed by atoms with Crippen molar-refractivity contribution in [3.05, 3.63) is 29.8 Å². The van der Waals surface area contributed by atoms with Crippen LogP contribution < -0.4 is 15.8 Å². The molecule has 0 aromatic heterocycles. The summed E-state index contributed by atoms with van der Waals surface area (Å²) < 4.78 is 5.56. The van der Waals surface area contributed by atoms with E-state index >= 15 is 0 Å². The molecule has 0 aliphatic heterocycles. The molecule has 0 aliphatic carbocycles. The minimum Gasteiger partial charge on any atom is -0.494 e. The molecule has 1 rings (SSSR count). The van der Waals surface area contributed by atoms with Crippen LogP contribution >= 0.6 is 0 Å². The van der Waals surface area contributed by atoms with E-state index in [9.17, 15) is 4.79 Å². The Hall–Kier alpha value is -1.55. The van der Waals surface area contributed by atoms with Gasteiger partial charge in [-0.2, -0.15) is 0 Å². The quantitative estimate of drug-likeness (QED) is 0.683. The fourth-order valence-electron chi connectivity index (χ4n) is 1.71. The van der Waals surface area contributed by atoms with Crippen LogP contribution in [0.3, 0.4) is 0 Å². The van der Waals surface area contributed by atoms with Crippen molar-refractivity contribution >= 4 is 5.91 Å². The number of carbonyl (C=O) groups excluding carboxylic acids is 1. The number of hydrogen-bond donors (Lipinski definition) is 2. The van der Waals surface area contributed by atoms with E-state index in [0.717, 1.165) is 38.0 Å². The Labute approximate surface area is 121 Å². The van der Waals surface area contributed by atoms with Gasteiger partial charge in [0.1, 0.15) is 5.75 Å². The van der Waals surface area contributed by atoms with Gasteiger partial charge in [-0.15, -0.1) is 0 Å². The number of unbranched alkanes of at least 4 members (excludes halogenated alkanes) is 1. The molecule has 0 spiro atoms. The van der Waals surface area contributed by atoms with E-state index < -0.39 is 0 Å². The van der Waals surface area contributed by atoms with E-state index in [1.165, 1.54) is 0 Å². The van der Waals surface area contributed by atoms with E-state index in [-0.39, 0.29) is 11.9 Å². The number of carbonyl (C=O) groups is 1. The van der Waals surface area contributed by atoms with Crippen molar-refractivity contribution in [3.63, 3.8) is 0 Å². The van der Waals surface area contributed by atoms with Crippen LogP contribution in [-0.4, -0.2) is 25.1 Å². The average Bonchev–Trinajstić information content (AvgIpc) is 2.48. The van der Waals surface area contributed by atoms with Crippen LogP contribution in [0, 0.1) is 0 Å². The number of rotatable bonds is 9. The van der Waals surface area contributed by atoms with Crippen LogP contribution in [0.4, 0.5) is 0 Å². The molecule has 0 fully saturated rings. The van der Waals surface area contributed by atoms with Gasteiger partial charge in [-0.3, -0.25) is 4.79 Å². The summed E-state index contributed by atoms with van der Waals surface area (Å²) in [6, 6.07) is 7.40. The molecule has 1 unspecified atom stereocenters. The highest BCUT2D eigenvalue weighted by Crippen LogP contribution is 2.12. The van der Waals surface area contributed by atoms with Crippen molar-refractivity contribution in [2.24, 2.45) is 5.73 Å². The van der Waals surface area contributed by atoms with Crippen LogP contribution in [0.2, 0.25) is 0 Å². The molecular weight excluding hydrogens is 252 g/mol. The van der Waals surface area contributed by atoms with Gasteiger partial charge in [-0.25, -0.2) is 0 Å².